The van der Waals surface area contributed by atoms with Crippen molar-refractivity contribution in [2.45, 2.75) is 19.3 Å². The summed E-state index contributed by atoms with van der Waals surface area (Å²) >= 11 is 5.74. The smallest absolute Gasteiger partial charge is 0.141 e. The Labute approximate surface area is 93.9 Å². The van der Waals surface area contributed by atoms with Crippen LogP contribution in [-0.4, -0.2) is 17.4 Å². The second kappa shape index (κ2) is 4.35. The first-order chi connectivity index (χ1) is 7.24. The van der Waals surface area contributed by atoms with Gasteiger partial charge in [-0.15, -0.1) is 11.6 Å². The first-order valence-corrected chi connectivity index (χ1v) is 5.69. The van der Waals surface area contributed by atoms with Gasteiger partial charge >= 0.3 is 0 Å². The summed E-state index contributed by atoms with van der Waals surface area (Å²) < 4.78 is 12.6. The van der Waals surface area contributed by atoms with Gasteiger partial charge in [0, 0.05) is 12.4 Å². The van der Waals surface area contributed by atoms with E-state index < -0.39 is 0 Å². The molecule has 15 heavy (non-hydrogen) atoms. The molecule has 1 aliphatic carbocycles. The predicted octanol–water partition coefficient (Wildman–Crippen LogP) is 3.04. The molecule has 2 rings (SSSR count). The van der Waals surface area contributed by atoms with E-state index in [0.717, 1.165) is 18.8 Å². The van der Waals surface area contributed by atoms with Gasteiger partial charge in [-0.1, -0.05) is 0 Å². The van der Waals surface area contributed by atoms with Gasteiger partial charge < -0.3 is 5.32 Å². The van der Waals surface area contributed by atoms with Crippen LogP contribution in [0.2, 0.25) is 0 Å². The van der Waals surface area contributed by atoms with Gasteiger partial charge in [0.1, 0.15) is 11.6 Å². The second-order valence-corrected chi connectivity index (χ2v) is 4.53. The Morgan fingerprint density at radius 1 is 1.47 bits per heavy atom. The van der Waals surface area contributed by atoms with Crippen LogP contribution in [0, 0.1) is 11.2 Å². The third-order valence-electron chi connectivity index (χ3n) is 2.95. The van der Waals surface area contributed by atoms with Crippen LogP contribution in [0.1, 0.15) is 19.3 Å². The monoisotopic (exact) mass is 228 g/mol. The largest absolute Gasteiger partial charge is 0.370 e. The highest BCUT2D eigenvalue weighted by Gasteiger charge is 2.41. The molecule has 0 aromatic carbocycles. The summed E-state index contributed by atoms with van der Waals surface area (Å²) in [6, 6.07) is 3.07. The summed E-state index contributed by atoms with van der Waals surface area (Å²) in [5.41, 5.74) is 0.373. The van der Waals surface area contributed by atoms with Crippen LogP contribution in [0.3, 0.4) is 0 Å². The molecule has 1 aliphatic rings. The maximum Gasteiger partial charge on any atom is 0.141 e. The molecule has 0 radical (unpaired) electrons. The third-order valence-corrected chi connectivity index (χ3v) is 3.14. The lowest BCUT2D eigenvalue weighted by molar-refractivity contribution is 0.523. The van der Waals surface area contributed by atoms with E-state index in [-0.39, 0.29) is 5.82 Å². The van der Waals surface area contributed by atoms with Gasteiger partial charge in [-0.2, -0.15) is 0 Å². The molecule has 2 nitrogen and oxygen atoms in total. The van der Waals surface area contributed by atoms with Gasteiger partial charge in [0.2, 0.25) is 0 Å². The summed E-state index contributed by atoms with van der Waals surface area (Å²) in [5, 5.41) is 3.22. The standard InChI is InChI=1S/C11H14ClFN2/c12-6-5-11(3-4-11)8-15-10-2-1-9(13)7-14-10/h1-2,7H,3-6,8H2,(H,14,15). The Morgan fingerprint density at radius 2 is 2.27 bits per heavy atom. The van der Waals surface area contributed by atoms with Crippen molar-refractivity contribution in [3.63, 3.8) is 0 Å². The summed E-state index contributed by atoms with van der Waals surface area (Å²) in [4.78, 5) is 3.95. The van der Waals surface area contributed by atoms with Crippen molar-refractivity contribution in [2.75, 3.05) is 17.7 Å². The van der Waals surface area contributed by atoms with Crippen LogP contribution >= 0.6 is 11.6 Å². The number of rotatable bonds is 5. The van der Waals surface area contributed by atoms with Crippen molar-refractivity contribution in [3.05, 3.63) is 24.1 Å². The van der Waals surface area contributed by atoms with Gasteiger partial charge in [-0.3, -0.25) is 0 Å². The van der Waals surface area contributed by atoms with E-state index >= 15 is 0 Å². The highest BCUT2D eigenvalue weighted by atomic mass is 35.5. The van der Waals surface area contributed by atoms with Gasteiger partial charge in [-0.25, -0.2) is 9.37 Å². The molecule has 1 heterocycles. The molecule has 0 aliphatic heterocycles. The van der Waals surface area contributed by atoms with Crippen molar-refractivity contribution in [3.8, 4) is 0 Å². The maximum absolute atomic E-state index is 12.6. The molecular formula is C11H14ClFN2. The molecule has 1 N–H and O–H groups in total. The number of aromatic nitrogens is 1. The molecule has 0 saturated heterocycles. The molecule has 0 bridgehead atoms. The van der Waals surface area contributed by atoms with Crippen LogP contribution < -0.4 is 5.32 Å². The van der Waals surface area contributed by atoms with E-state index in [0.29, 0.717) is 11.3 Å². The lowest BCUT2D eigenvalue weighted by Gasteiger charge is -2.14. The molecule has 1 aromatic heterocycles. The number of anilines is 1. The normalized spacial score (nSPS) is 17.5. The Balaban J connectivity index is 1.85. The van der Waals surface area contributed by atoms with E-state index in [1.807, 2.05) is 0 Å². The van der Waals surface area contributed by atoms with Crippen molar-refractivity contribution >= 4 is 17.4 Å². The summed E-state index contributed by atoms with van der Waals surface area (Å²) in [6.45, 7) is 0.887. The predicted molar refractivity (Wildman–Crippen MR) is 59.7 cm³/mol. The van der Waals surface area contributed by atoms with Crippen molar-refractivity contribution < 1.29 is 4.39 Å². The minimum Gasteiger partial charge on any atom is -0.370 e. The number of nitrogens with one attached hydrogen (secondary N) is 1. The van der Waals surface area contributed by atoms with E-state index in [1.165, 1.54) is 25.1 Å². The zero-order valence-corrected chi connectivity index (χ0v) is 9.23. The van der Waals surface area contributed by atoms with Crippen LogP contribution in [0.4, 0.5) is 10.2 Å². The first kappa shape index (κ1) is 10.7. The van der Waals surface area contributed by atoms with Gasteiger partial charge in [0.05, 0.1) is 6.20 Å². The fourth-order valence-corrected chi connectivity index (χ4v) is 2.05. The lowest BCUT2D eigenvalue weighted by Crippen LogP contribution is -2.16. The van der Waals surface area contributed by atoms with Gasteiger partial charge in [-0.05, 0) is 36.8 Å². The number of hydrogen-bond acceptors (Lipinski definition) is 2. The zero-order valence-electron chi connectivity index (χ0n) is 8.47. The highest BCUT2D eigenvalue weighted by Crippen LogP contribution is 2.48. The van der Waals surface area contributed by atoms with E-state index in [4.69, 9.17) is 11.6 Å². The molecule has 0 spiro atoms. The average Bonchev–Trinajstić information content (AvgIpc) is 2.99. The quantitative estimate of drug-likeness (QED) is 0.784. The number of alkyl halides is 1. The van der Waals surface area contributed by atoms with E-state index in [2.05, 4.69) is 10.3 Å². The number of pyridine rings is 1. The van der Waals surface area contributed by atoms with Crippen molar-refractivity contribution in [2.24, 2.45) is 5.41 Å². The Kier molecular flexibility index (Phi) is 3.10. The Morgan fingerprint density at radius 3 is 2.80 bits per heavy atom. The van der Waals surface area contributed by atoms with Crippen LogP contribution in [0.15, 0.2) is 18.3 Å². The molecule has 1 saturated carbocycles. The van der Waals surface area contributed by atoms with E-state index in [9.17, 15) is 4.39 Å². The first-order valence-electron chi connectivity index (χ1n) is 5.16. The fraction of sp³-hybridized carbons (Fsp3) is 0.545. The van der Waals surface area contributed by atoms with Crippen molar-refractivity contribution in [1.29, 1.82) is 0 Å². The zero-order chi connectivity index (χ0) is 10.7. The van der Waals surface area contributed by atoms with Gasteiger partial charge in [0.25, 0.3) is 0 Å². The molecule has 82 valence electrons. The fourth-order valence-electron chi connectivity index (χ4n) is 1.65. The molecule has 1 fully saturated rings. The third kappa shape index (κ3) is 2.81. The molecular weight excluding hydrogens is 215 g/mol. The number of hydrogen-bond donors (Lipinski definition) is 1. The minimum absolute atomic E-state index is 0.303. The molecule has 0 amide bonds. The lowest BCUT2D eigenvalue weighted by atomic mass is 10.0. The van der Waals surface area contributed by atoms with Gasteiger partial charge in [0.15, 0.2) is 0 Å². The summed E-state index contributed by atoms with van der Waals surface area (Å²) in [7, 11) is 0. The maximum atomic E-state index is 12.6. The van der Waals surface area contributed by atoms with Crippen LogP contribution in [0.25, 0.3) is 0 Å². The number of nitrogens with zero attached hydrogens (tertiary/aromatic N) is 1. The SMILES string of the molecule is Fc1ccc(NCC2(CCCl)CC2)nc1. The summed E-state index contributed by atoms with van der Waals surface area (Å²) in [6.07, 6.45) is 4.73. The Bertz CT molecular complexity index is 322. The highest BCUT2D eigenvalue weighted by molar-refractivity contribution is 6.17. The molecule has 0 atom stereocenters. The average molecular weight is 229 g/mol. The van der Waals surface area contributed by atoms with E-state index in [1.54, 1.807) is 6.07 Å². The molecule has 4 heteroatoms. The van der Waals surface area contributed by atoms with Crippen LogP contribution in [-0.2, 0) is 0 Å². The topological polar surface area (TPSA) is 24.9 Å². The molecule has 1 aromatic rings. The van der Waals surface area contributed by atoms with Crippen LogP contribution in [0.5, 0.6) is 0 Å². The minimum atomic E-state index is -0.303. The molecule has 0 unspecified atom stereocenters. The second-order valence-electron chi connectivity index (χ2n) is 4.15. The van der Waals surface area contributed by atoms with Crippen molar-refractivity contribution in [1.82, 2.24) is 4.98 Å². The Hall–Kier alpha value is -0.830. The summed E-state index contributed by atoms with van der Waals surface area (Å²) in [5.74, 6) is 1.14. The number of halogens is 2.